The smallest absolute Gasteiger partial charge is 0.315 e. The van der Waals surface area contributed by atoms with E-state index in [0.29, 0.717) is 25.2 Å². The fourth-order valence-electron chi connectivity index (χ4n) is 3.66. The lowest BCUT2D eigenvalue weighted by Crippen LogP contribution is -2.34. The number of fused-ring (bicyclic) bond motifs is 1. The van der Waals surface area contributed by atoms with Crippen LogP contribution >= 0.6 is 0 Å². The summed E-state index contributed by atoms with van der Waals surface area (Å²) in [5.74, 6) is 0.685. The third kappa shape index (κ3) is 4.86. The van der Waals surface area contributed by atoms with E-state index in [1.54, 1.807) is 36.3 Å². The minimum atomic E-state index is -0.226. The van der Waals surface area contributed by atoms with Crippen LogP contribution in [0.25, 0.3) is 0 Å². The average molecular weight is 415 g/mol. The molecule has 0 bridgehead atoms. The quantitative estimate of drug-likeness (QED) is 0.642. The zero-order valence-corrected chi connectivity index (χ0v) is 17.4. The molecule has 3 aromatic carbocycles. The number of hydrogen-bond acceptors (Lipinski definition) is 3. The molecular weight excluding hydrogens is 390 g/mol. The van der Waals surface area contributed by atoms with Crippen LogP contribution in [-0.2, 0) is 19.5 Å². The number of urea groups is 1. The molecule has 1 aliphatic rings. The molecule has 0 unspecified atom stereocenters. The fourth-order valence-corrected chi connectivity index (χ4v) is 3.66. The second-order valence-electron chi connectivity index (χ2n) is 7.42. The predicted octanol–water partition coefficient (Wildman–Crippen LogP) is 3.90. The van der Waals surface area contributed by atoms with Gasteiger partial charge in [-0.25, -0.2) is 4.79 Å². The van der Waals surface area contributed by atoms with E-state index >= 15 is 0 Å². The van der Waals surface area contributed by atoms with Gasteiger partial charge in [0.15, 0.2) is 0 Å². The van der Waals surface area contributed by atoms with Gasteiger partial charge in [-0.05, 0) is 53.4 Å². The second-order valence-corrected chi connectivity index (χ2v) is 7.42. The topological polar surface area (TPSA) is 70.7 Å². The molecule has 3 aromatic rings. The van der Waals surface area contributed by atoms with Crippen LogP contribution in [0, 0.1) is 0 Å². The number of hydrogen-bond donors (Lipinski definition) is 2. The number of carbonyl (C=O) groups is 2. The van der Waals surface area contributed by atoms with Crippen LogP contribution in [0.1, 0.15) is 27.0 Å². The SMILES string of the molecule is COc1ccc(C(=O)N2CCc3ccc(CNC(=O)NCc4ccccc4)cc32)cc1. The maximum absolute atomic E-state index is 13.0. The van der Waals surface area contributed by atoms with Crippen LogP contribution < -0.4 is 20.3 Å². The third-order valence-corrected chi connectivity index (χ3v) is 5.38. The molecule has 6 nitrogen and oxygen atoms in total. The van der Waals surface area contributed by atoms with Gasteiger partial charge in [-0.3, -0.25) is 4.79 Å². The van der Waals surface area contributed by atoms with Crippen molar-refractivity contribution in [1.82, 2.24) is 10.6 Å². The van der Waals surface area contributed by atoms with Crippen molar-refractivity contribution in [2.45, 2.75) is 19.5 Å². The number of nitrogens with zero attached hydrogens (tertiary/aromatic N) is 1. The van der Waals surface area contributed by atoms with Crippen molar-refractivity contribution in [2.24, 2.45) is 0 Å². The summed E-state index contributed by atoms with van der Waals surface area (Å²) in [7, 11) is 1.60. The van der Waals surface area contributed by atoms with E-state index in [1.165, 1.54) is 0 Å². The van der Waals surface area contributed by atoms with Crippen LogP contribution in [0.4, 0.5) is 10.5 Å². The number of amides is 3. The molecule has 6 heteroatoms. The number of rotatable bonds is 6. The zero-order chi connectivity index (χ0) is 21.6. The lowest BCUT2D eigenvalue weighted by atomic mass is 10.1. The molecule has 158 valence electrons. The van der Waals surface area contributed by atoms with Gasteiger partial charge in [0.2, 0.25) is 0 Å². The highest BCUT2D eigenvalue weighted by atomic mass is 16.5. The van der Waals surface area contributed by atoms with Gasteiger partial charge in [0.1, 0.15) is 5.75 Å². The Labute approximate surface area is 181 Å². The van der Waals surface area contributed by atoms with Crippen LogP contribution in [0.2, 0.25) is 0 Å². The summed E-state index contributed by atoms with van der Waals surface area (Å²) < 4.78 is 5.17. The van der Waals surface area contributed by atoms with Crippen molar-refractivity contribution in [2.75, 3.05) is 18.6 Å². The van der Waals surface area contributed by atoms with E-state index < -0.39 is 0 Å². The van der Waals surface area contributed by atoms with Crippen LogP contribution in [0.5, 0.6) is 5.75 Å². The van der Waals surface area contributed by atoms with Crippen molar-refractivity contribution in [1.29, 1.82) is 0 Å². The summed E-state index contributed by atoms with van der Waals surface area (Å²) in [6.45, 7) is 1.51. The molecule has 0 fully saturated rings. The molecular formula is C25H25N3O3. The predicted molar refractivity (Wildman–Crippen MR) is 120 cm³/mol. The number of benzene rings is 3. The summed E-state index contributed by atoms with van der Waals surface area (Å²) in [5, 5.41) is 5.74. The Balaban J connectivity index is 1.38. The molecule has 0 aliphatic carbocycles. The Morgan fingerprint density at radius 3 is 2.32 bits per heavy atom. The maximum atomic E-state index is 13.0. The van der Waals surface area contributed by atoms with E-state index in [4.69, 9.17) is 4.74 Å². The monoisotopic (exact) mass is 415 g/mol. The molecule has 31 heavy (non-hydrogen) atoms. The van der Waals surface area contributed by atoms with Crippen molar-refractivity contribution in [3.63, 3.8) is 0 Å². The normalized spacial score (nSPS) is 12.2. The number of anilines is 1. The van der Waals surface area contributed by atoms with Gasteiger partial charge in [-0.1, -0.05) is 42.5 Å². The number of methoxy groups -OCH3 is 1. The molecule has 3 amide bonds. The first-order valence-corrected chi connectivity index (χ1v) is 10.3. The van der Waals surface area contributed by atoms with Crippen LogP contribution in [-0.4, -0.2) is 25.6 Å². The van der Waals surface area contributed by atoms with E-state index in [2.05, 4.69) is 10.6 Å². The van der Waals surface area contributed by atoms with Crippen molar-refractivity contribution >= 4 is 17.6 Å². The Kier molecular flexibility index (Phi) is 6.17. The van der Waals surface area contributed by atoms with Gasteiger partial charge in [-0.2, -0.15) is 0 Å². The van der Waals surface area contributed by atoms with Crippen molar-refractivity contribution < 1.29 is 14.3 Å². The standard InChI is InChI=1S/C25H25N3O3/c1-31-22-11-9-21(10-12-22)24(29)28-14-13-20-8-7-19(15-23(20)28)17-27-25(30)26-16-18-5-3-2-4-6-18/h2-12,15H,13-14,16-17H2,1H3,(H2,26,27,30). The Hall–Kier alpha value is -3.80. The van der Waals surface area contributed by atoms with E-state index in [0.717, 1.165) is 34.5 Å². The minimum Gasteiger partial charge on any atom is -0.497 e. The maximum Gasteiger partial charge on any atom is 0.315 e. The lowest BCUT2D eigenvalue weighted by molar-refractivity contribution is 0.0989. The molecule has 0 saturated carbocycles. The van der Waals surface area contributed by atoms with Crippen LogP contribution in [0.3, 0.4) is 0 Å². The van der Waals surface area contributed by atoms with E-state index in [-0.39, 0.29) is 11.9 Å². The largest absolute Gasteiger partial charge is 0.497 e. The van der Waals surface area contributed by atoms with Gasteiger partial charge >= 0.3 is 6.03 Å². The molecule has 2 N–H and O–H groups in total. The van der Waals surface area contributed by atoms with Crippen molar-refractivity contribution in [3.8, 4) is 5.75 Å². The Morgan fingerprint density at radius 2 is 1.61 bits per heavy atom. The molecule has 0 spiro atoms. The van der Waals surface area contributed by atoms with Gasteiger partial charge in [0.25, 0.3) is 5.91 Å². The van der Waals surface area contributed by atoms with E-state index in [1.807, 2.05) is 48.5 Å². The number of carbonyl (C=O) groups excluding carboxylic acids is 2. The zero-order valence-electron chi connectivity index (χ0n) is 17.4. The average Bonchev–Trinajstić information content (AvgIpc) is 3.25. The first-order chi connectivity index (χ1) is 15.1. The van der Waals surface area contributed by atoms with E-state index in [9.17, 15) is 9.59 Å². The highest BCUT2D eigenvalue weighted by molar-refractivity contribution is 6.07. The summed E-state index contributed by atoms with van der Waals surface area (Å²) in [6, 6.07) is 22.7. The van der Waals surface area contributed by atoms with Gasteiger partial charge in [0, 0.05) is 30.9 Å². The molecule has 4 rings (SSSR count). The molecule has 1 aliphatic heterocycles. The summed E-state index contributed by atoms with van der Waals surface area (Å²) in [6.07, 6.45) is 0.822. The molecule has 0 aromatic heterocycles. The highest BCUT2D eigenvalue weighted by Gasteiger charge is 2.25. The molecule has 0 saturated heterocycles. The number of ether oxygens (including phenoxy) is 1. The Morgan fingerprint density at radius 1 is 0.903 bits per heavy atom. The summed E-state index contributed by atoms with van der Waals surface area (Å²) in [5.41, 5.74) is 4.66. The fraction of sp³-hybridized carbons (Fsp3) is 0.200. The van der Waals surface area contributed by atoms with Gasteiger partial charge < -0.3 is 20.3 Å². The lowest BCUT2D eigenvalue weighted by Gasteiger charge is -2.18. The first kappa shape index (κ1) is 20.5. The van der Waals surface area contributed by atoms with Gasteiger partial charge in [-0.15, -0.1) is 0 Å². The number of nitrogens with one attached hydrogen (secondary N) is 2. The first-order valence-electron chi connectivity index (χ1n) is 10.3. The highest BCUT2D eigenvalue weighted by Crippen LogP contribution is 2.30. The second kappa shape index (κ2) is 9.34. The van der Waals surface area contributed by atoms with Gasteiger partial charge in [0.05, 0.1) is 7.11 Å². The third-order valence-electron chi connectivity index (χ3n) is 5.38. The summed E-state index contributed by atoms with van der Waals surface area (Å²) >= 11 is 0. The minimum absolute atomic E-state index is 0.0351. The Bertz CT molecular complexity index is 1070. The van der Waals surface area contributed by atoms with Crippen LogP contribution in [0.15, 0.2) is 72.8 Å². The molecule has 0 radical (unpaired) electrons. The summed E-state index contributed by atoms with van der Waals surface area (Å²) in [4.78, 5) is 26.9. The van der Waals surface area contributed by atoms with Crippen molar-refractivity contribution in [3.05, 3.63) is 95.1 Å². The molecule has 1 heterocycles. The molecule has 0 atom stereocenters.